The number of aryl methyl sites for hydroxylation is 2. The van der Waals surface area contributed by atoms with Crippen molar-refractivity contribution < 1.29 is 0 Å². The fourth-order valence-electron chi connectivity index (χ4n) is 2.30. The first-order chi connectivity index (χ1) is 10.2. The molecule has 0 spiro atoms. The van der Waals surface area contributed by atoms with Gasteiger partial charge in [0.05, 0.1) is 0 Å². The molecule has 1 heterocycles. The highest BCUT2D eigenvalue weighted by Gasteiger charge is 2.05. The molecule has 0 radical (unpaired) electrons. The summed E-state index contributed by atoms with van der Waals surface area (Å²) >= 11 is 0. The molecule has 1 N–H and O–H groups in total. The molecule has 0 fully saturated rings. The summed E-state index contributed by atoms with van der Waals surface area (Å²) in [4.78, 5) is 3.44. The molecule has 1 aromatic carbocycles. The topological polar surface area (TPSA) is 15.8 Å². The molecule has 0 aliphatic heterocycles. The lowest BCUT2D eigenvalue weighted by atomic mass is 10.1. The molecule has 0 atom stereocenters. The van der Waals surface area contributed by atoms with Gasteiger partial charge in [0.2, 0.25) is 0 Å². The fraction of sp³-hybridized carbons (Fsp3) is 0.300. The average Bonchev–Trinajstić information content (AvgIpc) is 2.80. The standard InChI is InChI=1S/C18H21N.C2H6/c1-5-7-15(6-2)9-10-16-14(4)19-18-11-8-13(3)12-17(16)18;1-2/h5-12,19H,1-4H3;1-2H3/b7-5-,10-9+,15-6+;. The first-order valence-electron chi connectivity index (χ1n) is 7.71. The molecule has 21 heavy (non-hydrogen) atoms. The Kier molecular flexibility index (Phi) is 6.74. The maximum Gasteiger partial charge on any atom is 0.0462 e. The zero-order valence-electron chi connectivity index (χ0n) is 14.1. The van der Waals surface area contributed by atoms with Gasteiger partial charge in [-0.2, -0.15) is 0 Å². The van der Waals surface area contributed by atoms with Crippen LogP contribution in [0, 0.1) is 13.8 Å². The van der Waals surface area contributed by atoms with Gasteiger partial charge in [-0.1, -0.05) is 55.9 Å². The first kappa shape index (κ1) is 17.0. The number of benzene rings is 1. The summed E-state index contributed by atoms with van der Waals surface area (Å²) in [5.74, 6) is 0. The number of H-pyrrole nitrogens is 1. The van der Waals surface area contributed by atoms with E-state index in [2.05, 4.69) is 74.3 Å². The second-order valence-corrected chi connectivity index (χ2v) is 4.83. The highest BCUT2D eigenvalue weighted by Crippen LogP contribution is 2.25. The number of hydrogen-bond acceptors (Lipinski definition) is 0. The smallest absolute Gasteiger partial charge is 0.0462 e. The Morgan fingerprint density at radius 2 is 1.76 bits per heavy atom. The lowest BCUT2D eigenvalue weighted by molar-refractivity contribution is 1.29. The van der Waals surface area contributed by atoms with Crippen LogP contribution in [-0.4, -0.2) is 4.98 Å². The number of aromatic amines is 1. The number of nitrogens with one attached hydrogen (secondary N) is 1. The molecule has 2 rings (SSSR count). The Morgan fingerprint density at radius 1 is 1.05 bits per heavy atom. The Labute approximate surface area is 129 Å². The van der Waals surface area contributed by atoms with Crippen LogP contribution < -0.4 is 0 Å². The minimum Gasteiger partial charge on any atom is -0.358 e. The van der Waals surface area contributed by atoms with E-state index < -0.39 is 0 Å². The van der Waals surface area contributed by atoms with Crippen LogP contribution >= 0.6 is 0 Å². The molecule has 0 saturated carbocycles. The second kappa shape index (κ2) is 8.31. The largest absolute Gasteiger partial charge is 0.358 e. The predicted octanol–water partition coefficient (Wildman–Crippen LogP) is 6.35. The maximum atomic E-state index is 3.44. The second-order valence-electron chi connectivity index (χ2n) is 4.83. The SMILES string of the molecule is CC.C\C=C/C(/C=C/c1c(C)[nH]c2ccc(C)cc12)=C\C. The predicted molar refractivity (Wildman–Crippen MR) is 96.7 cm³/mol. The maximum absolute atomic E-state index is 3.44. The summed E-state index contributed by atoms with van der Waals surface area (Å²) < 4.78 is 0. The normalized spacial score (nSPS) is 12.2. The van der Waals surface area contributed by atoms with E-state index in [1.54, 1.807) is 0 Å². The van der Waals surface area contributed by atoms with Gasteiger partial charge in [0.1, 0.15) is 0 Å². The number of allylic oxidation sites excluding steroid dienone is 5. The summed E-state index contributed by atoms with van der Waals surface area (Å²) in [6.07, 6.45) is 10.7. The third-order valence-electron chi connectivity index (χ3n) is 3.33. The van der Waals surface area contributed by atoms with E-state index in [4.69, 9.17) is 0 Å². The van der Waals surface area contributed by atoms with Crippen molar-refractivity contribution in [2.24, 2.45) is 0 Å². The number of rotatable bonds is 3. The van der Waals surface area contributed by atoms with Crippen LogP contribution in [0.2, 0.25) is 0 Å². The third-order valence-corrected chi connectivity index (χ3v) is 3.33. The van der Waals surface area contributed by atoms with Crippen LogP contribution in [0.25, 0.3) is 17.0 Å². The van der Waals surface area contributed by atoms with Gasteiger partial charge < -0.3 is 4.98 Å². The van der Waals surface area contributed by atoms with Crippen molar-refractivity contribution in [2.45, 2.75) is 41.5 Å². The quantitative estimate of drug-likeness (QED) is 0.631. The van der Waals surface area contributed by atoms with Gasteiger partial charge in [-0.15, -0.1) is 0 Å². The Morgan fingerprint density at radius 3 is 2.38 bits per heavy atom. The van der Waals surface area contributed by atoms with E-state index in [-0.39, 0.29) is 0 Å². The molecule has 0 saturated heterocycles. The molecular weight excluding hydrogens is 254 g/mol. The zero-order chi connectivity index (χ0) is 15.8. The minimum atomic E-state index is 1.20. The first-order valence-corrected chi connectivity index (χ1v) is 7.71. The minimum absolute atomic E-state index is 1.20. The monoisotopic (exact) mass is 281 g/mol. The van der Waals surface area contributed by atoms with Gasteiger partial charge in [0, 0.05) is 22.2 Å². The van der Waals surface area contributed by atoms with Crippen LogP contribution in [0.5, 0.6) is 0 Å². The summed E-state index contributed by atoms with van der Waals surface area (Å²) in [6.45, 7) is 12.4. The van der Waals surface area contributed by atoms with Crippen LogP contribution in [-0.2, 0) is 0 Å². The van der Waals surface area contributed by atoms with E-state index in [1.807, 2.05) is 20.8 Å². The summed E-state index contributed by atoms with van der Waals surface area (Å²) in [6, 6.07) is 6.53. The van der Waals surface area contributed by atoms with Gasteiger partial charge in [-0.25, -0.2) is 0 Å². The van der Waals surface area contributed by atoms with Crippen molar-refractivity contribution in [3.05, 3.63) is 64.9 Å². The van der Waals surface area contributed by atoms with Gasteiger partial charge in [-0.3, -0.25) is 0 Å². The molecule has 2 aromatic rings. The van der Waals surface area contributed by atoms with Crippen molar-refractivity contribution in [1.29, 1.82) is 0 Å². The average molecular weight is 281 g/mol. The molecule has 0 unspecified atom stereocenters. The zero-order valence-corrected chi connectivity index (χ0v) is 14.1. The molecule has 1 nitrogen and oxygen atoms in total. The van der Waals surface area contributed by atoms with Crippen molar-refractivity contribution in [1.82, 2.24) is 4.98 Å². The summed E-state index contributed by atoms with van der Waals surface area (Å²) in [5, 5.41) is 1.30. The van der Waals surface area contributed by atoms with Crippen LogP contribution in [0.3, 0.4) is 0 Å². The molecule has 0 aliphatic carbocycles. The molecule has 112 valence electrons. The molecular formula is C20H27N. The van der Waals surface area contributed by atoms with E-state index >= 15 is 0 Å². The van der Waals surface area contributed by atoms with Crippen LogP contribution in [0.1, 0.15) is 44.5 Å². The molecule has 0 aliphatic rings. The van der Waals surface area contributed by atoms with Crippen molar-refractivity contribution >= 4 is 17.0 Å². The third kappa shape index (κ3) is 4.22. The highest BCUT2D eigenvalue weighted by atomic mass is 14.7. The highest BCUT2D eigenvalue weighted by molar-refractivity contribution is 5.91. The van der Waals surface area contributed by atoms with Crippen molar-refractivity contribution in [3.8, 4) is 0 Å². The van der Waals surface area contributed by atoms with Crippen molar-refractivity contribution in [3.63, 3.8) is 0 Å². The summed E-state index contributed by atoms with van der Waals surface area (Å²) in [5.41, 5.74) is 6.22. The molecule has 1 aromatic heterocycles. The number of fused-ring (bicyclic) bond motifs is 1. The lowest BCUT2D eigenvalue weighted by Gasteiger charge is -1.97. The molecule has 0 bridgehead atoms. The van der Waals surface area contributed by atoms with E-state index in [0.717, 1.165) is 0 Å². The Balaban J connectivity index is 0.00000106. The number of hydrogen-bond donors (Lipinski definition) is 1. The van der Waals surface area contributed by atoms with Crippen LogP contribution in [0.4, 0.5) is 0 Å². The molecule has 1 heteroatoms. The Bertz CT molecular complexity index is 666. The lowest BCUT2D eigenvalue weighted by Crippen LogP contribution is -1.76. The van der Waals surface area contributed by atoms with Crippen LogP contribution in [0.15, 0.2) is 48.1 Å². The number of aromatic nitrogens is 1. The van der Waals surface area contributed by atoms with E-state index in [0.29, 0.717) is 0 Å². The van der Waals surface area contributed by atoms with Gasteiger partial charge in [0.25, 0.3) is 0 Å². The Hall–Kier alpha value is -2.02. The fourth-order valence-corrected chi connectivity index (χ4v) is 2.30. The van der Waals surface area contributed by atoms with Gasteiger partial charge >= 0.3 is 0 Å². The summed E-state index contributed by atoms with van der Waals surface area (Å²) in [7, 11) is 0. The van der Waals surface area contributed by atoms with Gasteiger partial charge in [0.15, 0.2) is 0 Å². The van der Waals surface area contributed by atoms with Gasteiger partial charge in [-0.05, 0) is 45.4 Å². The van der Waals surface area contributed by atoms with Crippen molar-refractivity contribution in [2.75, 3.05) is 0 Å². The van der Waals surface area contributed by atoms with E-state index in [9.17, 15) is 0 Å². The molecule has 0 amide bonds. The van der Waals surface area contributed by atoms with E-state index in [1.165, 1.54) is 33.3 Å².